The first kappa shape index (κ1) is 20.0. The molecular formula is C20H22N4O5. The van der Waals surface area contributed by atoms with Crippen molar-refractivity contribution in [1.82, 2.24) is 10.6 Å². The van der Waals surface area contributed by atoms with Crippen LogP contribution in [0.5, 0.6) is 11.5 Å². The number of primary amides is 1. The molecule has 29 heavy (non-hydrogen) atoms. The zero-order valence-corrected chi connectivity index (χ0v) is 15.6. The van der Waals surface area contributed by atoms with Crippen molar-refractivity contribution in [3.63, 3.8) is 0 Å². The first-order valence-corrected chi connectivity index (χ1v) is 9.08. The molecule has 152 valence electrons. The molecule has 1 heterocycles. The molecule has 0 aromatic heterocycles. The zero-order valence-electron chi connectivity index (χ0n) is 15.6. The van der Waals surface area contributed by atoms with Crippen molar-refractivity contribution < 1.29 is 23.9 Å². The minimum Gasteiger partial charge on any atom is -0.454 e. The number of nitrogens with one attached hydrogen (secondary N) is 3. The number of amides is 4. The highest BCUT2D eigenvalue weighted by Gasteiger charge is 2.22. The minimum absolute atomic E-state index is 0.0210. The van der Waals surface area contributed by atoms with Gasteiger partial charge in [0.25, 0.3) is 0 Å². The van der Waals surface area contributed by atoms with E-state index in [0.29, 0.717) is 17.2 Å². The molecule has 0 fully saturated rings. The number of carbonyl (C=O) groups is 3. The third kappa shape index (κ3) is 5.86. The molecule has 0 saturated heterocycles. The SMILES string of the molecule is NC(=O)CCNC(=O)C(Cc1ccccc1)NC(=O)Nc1ccc2c(c1)OCO2. The van der Waals surface area contributed by atoms with Gasteiger partial charge in [-0.3, -0.25) is 9.59 Å². The molecule has 0 saturated carbocycles. The van der Waals surface area contributed by atoms with Crippen LogP contribution in [-0.4, -0.2) is 37.2 Å². The molecule has 1 atom stereocenters. The molecule has 0 aliphatic carbocycles. The highest BCUT2D eigenvalue weighted by molar-refractivity contribution is 5.94. The van der Waals surface area contributed by atoms with E-state index < -0.39 is 23.9 Å². The van der Waals surface area contributed by atoms with Crippen LogP contribution in [0.25, 0.3) is 0 Å². The Bertz CT molecular complexity index is 888. The molecule has 9 heteroatoms. The first-order valence-electron chi connectivity index (χ1n) is 9.08. The lowest BCUT2D eigenvalue weighted by atomic mass is 10.1. The average molecular weight is 398 g/mol. The van der Waals surface area contributed by atoms with Gasteiger partial charge in [0.05, 0.1) is 0 Å². The Morgan fingerprint density at radius 2 is 1.79 bits per heavy atom. The number of urea groups is 1. The van der Waals surface area contributed by atoms with Gasteiger partial charge in [-0.1, -0.05) is 30.3 Å². The molecule has 4 amide bonds. The van der Waals surface area contributed by atoms with Gasteiger partial charge < -0.3 is 31.2 Å². The van der Waals surface area contributed by atoms with Crippen molar-refractivity contribution in [3.05, 3.63) is 54.1 Å². The predicted octanol–water partition coefficient (Wildman–Crippen LogP) is 1.14. The molecule has 0 radical (unpaired) electrons. The number of nitrogens with two attached hydrogens (primary N) is 1. The number of hydrogen-bond acceptors (Lipinski definition) is 5. The molecule has 0 spiro atoms. The van der Waals surface area contributed by atoms with Crippen molar-refractivity contribution in [3.8, 4) is 11.5 Å². The van der Waals surface area contributed by atoms with Crippen LogP contribution in [0.4, 0.5) is 10.5 Å². The second-order valence-corrected chi connectivity index (χ2v) is 6.42. The number of rotatable bonds is 8. The van der Waals surface area contributed by atoms with Gasteiger partial charge in [0.1, 0.15) is 6.04 Å². The maximum Gasteiger partial charge on any atom is 0.319 e. The highest BCUT2D eigenvalue weighted by atomic mass is 16.7. The van der Waals surface area contributed by atoms with E-state index in [0.717, 1.165) is 5.56 Å². The smallest absolute Gasteiger partial charge is 0.319 e. The normalized spacial score (nSPS) is 12.7. The largest absolute Gasteiger partial charge is 0.454 e. The Morgan fingerprint density at radius 3 is 2.55 bits per heavy atom. The number of benzene rings is 2. The summed E-state index contributed by atoms with van der Waals surface area (Å²) in [5, 5.41) is 7.97. The van der Waals surface area contributed by atoms with Crippen molar-refractivity contribution in [2.75, 3.05) is 18.7 Å². The van der Waals surface area contributed by atoms with E-state index in [4.69, 9.17) is 15.2 Å². The maximum absolute atomic E-state index is 12.5. The molecule has 1 aliphatic heterocycles. The van der Waals surface area contributed by atoms with E-state index in [1.165, 1.54) is 0 Å². The quantitative estimate of drug-likeness (QED) is 0.529. The molecule has 2 aromatic rings. The molecular weight excluding hydrogens is 376 g/mol. The number of hydrogen-bond donors (Lipinski definition) is 4. The summed E-state index contributed by atoms with van der Waals surface area (Å²) in [6.07, 6.45) is 0.311. The van der Waals surface area contributed by atoms with Gasteiger partial charge in [0.2, 0.25) is 18.6 Å². The topological polar surface area (TPSA) is 132 Å². The molecule has 9 nitrogen and oxygen atoms in total. The predicted molar refractivity (Wildman–Crippen MR) is 105 cm³/mol. The summed E-state index contributed by atoms with van der Waals surface area (Å²) < 4.78 is 10.5. The lowest BCUT2D eigenvalue weighted by molar-refractivity contribution is -0.123. The fraction of sp³-hybridized carbons (Fsp3) is 0.250. The minimum atomic E-state index is -0.834. The van der Waals surface area contributed by atoms with Crippen LogP contribution in [0.15, 0.2) is 48.5 Å². The summed E-state index contributed by atoms with van der Waals surface area (Å²) in [6.45, 7) is 0.237. The Hall–Kier alpha value is -3.75. The third-order valence-corrected chi connectivity index (χ3v) is 4.21. The van der Waals surface area contributed by atoms with Gasteiger partial charge in [0.15, 0.2) is 11.5 Å². The fourth-order valence-corrected chi connectivity index (χ4v) is 2.79. The number of fused-ring (bicyclic) bond motifs is 1. The van der Waals surface area contributed by atoms with E-state index >= 15 is 0 Å². The van der Waals surface area contributed by atoms with Gasteiger partial charge >= 0.3 is 6.03 Å². The third-order valence-electron chi connectivity index (χ3n) is 4.21. The van der Waals surface area contributed by atoms with Crippen molar-refractivity contribution >= 4 is 23.5 Å². The Balaban J connectivity index is 1.63. The molecule has 5 N–H and O–H groups in total. The van der Waals surface area contributed by atoms with E-state index in [2.05, 4.69) is 16.0 Å². The fourth-order valence-electron chi connectivity index (χ4n) is 2.79. The number of anilines is 1. The number of carbonyl (C=O) groups excluding carboxylic acids is 3. The average Bonchev–Trinajstić information content (AvgIpc) is 3.15. The van der Waals surface area contributed by atoms with Gasteiger partial charge in [-0.15, -0.1) is 0 Å². The summed E-state index contributed by atoms with van der Waals surface area (Å²) in [7, 11) is 0. The van der Waals surface area contributed by atoms with Crippen LogP contribution in [-0.2, 0) is 16.0 Å². The van der Waals surface area contributed by atoms with Crippen LogP contribution >= 0.6 is 0 Å². The highest BCUT2D eigenvalue weighted by Crippen LogP contribution is 2.34. The molecule has 1 aliphatic rings. The molecule has 2 aromatic carbocycles. The number of ether oxygens (including phenoxy) is 2. The zero-order chi connectivity index (χ0) is 20.6. The lowest BCUT2D eigenvalue weighted by Crippen LogP contribution is -2.49. The summed E-state index contributed by atoms with van der Waals surface area (Å²) >= 11 is 0. The van der Waals surface area contributed by atoms with Crippen LogP contribution in [0.2, 0.25) is 0 Å². The van der Waals surface area contributed by atoms with E-state index in [9.17, 15) is 14.4 Å². The van der Waals surface area contributed by atoms with E-state index in [-0.39, 0.29) is 26.2 Å². The van der Waals surface area contributed by atoms with Crippen molar-refractivity contribution in [2.24, 2.45) is 5.73 Å². The Morgan fingerprint density at radius 1 is 1.03 bits per heavy atom. The van der Waals surface area contributed by atoms with E-state index in [1.807, 2.05) is 30.3 Å². The van der Waals surface area contributed by atoms with Gasteiger partial charge in [-0.05, 0) is 17.7 Å². The maximum atomic E-state index is 12.5. The Labute approximate surface area is 167 Å². The summed E-state index contributed by atoms with van der Waals surface area (Å²) in [4.78, 5) is 35.9. The van der Waals surface area contributed by atoms with Crippen LogP contribution < -0.4 is 31.2 Å². The molecule has 1 unspecified atom stereocenters. The first-order chi connectivity index (χ1) is 14.0. The van der Waals surface area contributed by atoms with Gasteiger partial charge in [0, 0.05) is 31.1 Å². The van der Waals surface area contributed by atoms with Crippen LogP contribution in [0.3, 0.4) is 0 Å². The summed E-state index contributed by atoms with van der Waals surface area (Å²) in [6, 6.07) is 12.9. The molecule has 3 rings (SSSR count). The van der Waals surface area contributed by atoms with E-state index in [1.54, 1.807) is 18.2 Å². The van der Waals surface area contributed by atoms with Crippen LogP contribution in [0, 0.1) is 0 Å². The van der Waals surface area contributed by atoms with Gasteiger partial charge in [-0.2, -0.15) is 0 Å². The Kier molecular flexibility index (Phi) is 6.51. The second-order valence-electron chi connectivity index (χ2n) is 6.42. The van der Waals surface area contributed by atoms with Crippen molar-refractivity contribution in [1.29, 1.82) is 0 Å². The molecule has 0 bridgehead atoms. The van der Waals surface area contributed by atoms with Crippen LogP contribution in [0.1, 0.15) is 12.0 Å². The lowest BCUT2D eigenvalue weighted by Gasteiger charge is -2.19. The van der Waals surface area contributed by atoms with Gasteiger partial charge in [-0.25, -0.2) is 4.79 Å². The second kappa shape index (κ2) is 9.45. The van der Waals surface area contributed by atoms with Crippen molar-refractivity contribution in [2.45, 2.75) is 18.9 Å². The standard InChI is InChI=1S/C20H22N4O5/c21-18(25)8-9-22-19(26)15(10-13-4-2-1-3-5-13)24-20(27)23-14-6-7-16-17(11-14)29-12-28-16/h1-7,11,15H,8-10,12H2,(H2,21,25)(H,22,26)(H2,23,24,27). The monoisotopic (exact) mass is 398 g/mol. The summed E-state index contributed by atoms with van der Waals surface area (Å²) in [5.74, 6) is 0.217. The summed E-state index contributed by atoms with van der Waals surface area (Å²) in [5.41, 5.74) is 6.47.